The molecule has 1 spiro atoms. The molecular weight excluding hydrogens is 518 g/mol. The van der Waals surface area contributed by atoms with E-state index in [4.69, 9.17) is 28.4 Å². The van der Waals surface area contributed by atoms with E-state index in [0.717, 1.165) is 24.3 Å². The van der Waals surface area contributed by atoms with Crippen LogP contribution in [0.2, 0.25) is 0 Å². The third kappa shape index (κ3) is 4.18. The lowest BCUT2D eigenvalue weighted by atomic mass is 9.76. The molecule has 206 valence electrons. The van der Waals surface area contributed by atoms with Gasteiger partial charge in [0.05, 0.1) is 16.7 Å². The molecule has 0 amide bonds. The number of carbonyl (C=O) groups excluding carboxylic acids is 1. The van der Waals surface area contributed by atoms with Crippen molar-refractivity contribution in [3.05, 3.63) is 81.4 Å². The monoisotopic (exact) mass is 544 g/mol. The van der Waals surface area contributed by atoms with Crippen LogP contribution in [-0.4, -0.2) is 57.2 Å². The quantitative estimate of drug-likeness (QED) is 0.317. The Labute approximate surface area is 222 Å². The summed E-state index contributed by atoms with van der Waals surface area (Å²) in [6.07, 6.45) is -0.977. The molecule has 0 saturated carbocycles. The number of phenolic OH excluding ortho intramolecular Hbond substituents is 2. The van der Waals surface area contributed by atoms with E-state index >= 15 is 0 Å². The number of methoxy groups -OCH3 is 4. The topological polar surface area (TPSA) is 113 Å². The number of ether oxygens (including phenoxy) is 6. The van der Waals surface area contributed by atoms with Gasteiger partial charge in [0.2, 0.25) is 0 Å². The van der Waals surface area contributed by atoms with Gasteiger partial charge in [0.1, 0.15) is 11.5 Å². The van der Waals surface area contributed by atoms with Crippen molar-refractivity contribution in [3.63, 3.8) is 0 Å². The molecule has 5 rings (SSSR count). The lowest BCUT2D eigenvalue weighted by molar-refractivity contribution is -0.104. The number of hydrogen-bond acceptors (Lipinski definition) is 9. The number of rotatable bonds is 8. The first kappa shape index (κ1) is 26.8. The van der Waals surface area contributed by atoms with Crippen molar-refractivity contribution in [2.75, 3.05) is 28.4 Å². The van der Waals surface area contributed by atoms with Gasteiger partial charge >= 0.3 is 5.97 Å². The van der Waals surface area contributed by atoms with Gasteiger partial charge in [-0.25, -0.2) is 13.6 Å². The standard InChI is InChI=1S/C28H26F2O9/c1-34-24(35-2)7-13-5-6-15-26(14(13)8-25(36-3)37-4)27(33)39-28(15)16-9-18(29)20(31)11-22(16)38-23-12-21(32)19(30)10-17(23)28/h5-6,9-12,24-25,31-32H,7-8H2,1-4H3. The van der Waals surface area contributed by atoms with Gasteiger partial charge in [0.25, 0.3) is 0 Å². The summed E-state index contributed by atoms with van der Waals surface area (Å²) in [5.74, 6) is -4.24. The predicted octanol–water partition coefficient (Wildman–Crippen LogP) is 4.27. The second-order valence-electron chi connectivity index (χ2n) is 9.11. The minimum absolute atomic E-state index is 0.0304. The molecule has 3 aromatic carbocycles. The fourth-order valence-corrected chi connectivity index (χ4v) is 5.23. The molecule has 0 unspecified atom stereocenters. The molecule has 0 aromatic heterocycles. The summed E-state index contributed by atoms with van der Waals surface area (Å²) >= 11 is 0. The van der Waals surface area contributed by atoms with Crippen LogP contribution in [0, 0.1) is 11.6 Å². The maximum atomic E-state index is 14.7. The van der Waals surface area contributed by atoms with E-state index in [1.54, 1.807) is 12.1 Å². The van der Waals surface area contributed by atoms with Crippen LogP contribution in [0.1, 0.15) is 38.2 Å². The number of hydrogen-bond donors (Lipinski definition) is 2. The first-order chi connectivity index (χ1) is 18.7. The summed E-state index contributed by atoms with van der Waals surface area (Å²) in [4.78, 5) is 13.7. The third-order valence-electron chi connectivity index (χ3n) is 7.12. The number of fused-ring (bicyclic) bond motifs is 6. The fourth-order valence-electron chi connectivity index (χ4n) is 5.23. The van der Waals surface area contributed by atoms with Gasteiger partial charge in [-0.1, -0.05) is 12.1 Å². The Bertz CT molecular complexity index is 1390. The largest absolute Gasteiger partial charge is 0.505 e. The minimum atomic E-state index is -1.86. The number of benzene rings is 3. The molecule has 39 heavy (non-hydrogen) atoms. The zero-order valence-electron chi connectivity index (χ0n) is 21.5. The van der Waals surface area contributed by atoms with Crippen LogP contribution < -0.4 is 4.74 Å². The maximum Gasteiger partial charge on any atom is 0.340 e. The first-order valence-corrected chi connectivity index (χ1v) is 11.9. The maximum absolute atomic E-state index is 14.7. The summed E-state index contributed by atoms with van der Waals surface area (Å²) < 4.78 is 62.9. The Hall–Kier alpha value is -3.77. The molecule has 11 heteroatoms. The van der Waals surface area contributed by atoms with Crippen molar-refractivity contribution >= 4 is 5.97 Å². The van der Waals surface area contributed by atoms with Gasteiger partial charge in [0.15, 0.2) is 41.3 Å². The van der Waals surface area contributed by atoms with E-state index < -0.39 is 47.3 Å². The summed E-state index contributed by atoms with van der Waals surface area (Å²) in [6.45, 7) is 0. The number of carbonyl (C=O) groups is 1. The normalized spacial score (nSPS) is 14.8. The zero-order valence-corrected chi connectivity index (χ0v) is 21.5. The Morgan fingerprint density at radius 3 is 1.82 bits per heavy atom. The van der Waals surface area contributed by atoms with Crippen molar-refractivity contribution in [1.82, 2.24) is 0 Å². The number of esters is 1. The average Bonchev–Trinajstić information content (AvgIpc) is 3.22. The molecule has 0 fully saturated rings. The SMILES string of the molecule is COC(Cc1ccc2c(c1CC(OC)OC)C(=O)OC21c2cc(F)c(O)cc2Oc2cc(O)c(F)cc21)OC. The lowest BCUT2D eigenvalue weighted by Gasteiger charge is -2.36. The molecule has 3 aromatic rings. The van der Waals surface area contributed by atoms with Crippen LogP contribution in [0.15, 0.2) is 36.4 Å². The molecule has 0 bridgehead atoms. The fraction of sp³-hybridized carbons (Fsp3) is 0.321. The van der Waals surface area contributed by atoms with Crippen LogP contribution in [0.4, 0.5) is 8.78 Å². The van der Waals surface area contributed by atoms with Crippen LogP contribution in [0.3, 0.4) is 0 Å². The van der Waals surface area contributed by atoms with Crippen molar-refractivity contribution in [2.24, 2.45) is 0 Å². The Kier molecular flexibility index (Phi) is 6.93. The molecule has 2 aliphatic heterocycles. The summed E-state index contributed by atoms with van der Waals surface area (Å²) in [6, 6.07) is 7.40. The number of phenols is 2. The van der Waals surface area contributed by atoms with Gasteiger partial charge < -0.3 is 38.6 Å². The van der Waals surface area contributed by atoms with Gasteiger partial charge in [-0.15, -0.1) is 0 Å². The minimum Gasteiger partial charge on any atom is -0.505 e. The Morgan fingerprint density at radius 1 is 0.795 bits per heavy atom. The zero-order chi connectivity index (χ0) is 28.1. The summed E-state index contributed by atoms with van der Waals surface area (Å²) in [5.41, 5.74) is -0.177. The molecule has 2 N–H and O–H groups in total. The van der Waals surface area contributed by atoms with Gasteiger partial charge in [-0.3, -0.25) is 0 Å². The highest BCUT2D eigenvalue weighted by Crippen LogP contribution is 2.58. The van der Waals surface area contributed by atoms with Gasteiger partial charge in [0, 0.05) is 59.0 Å². The van der Waals surface area contributed by atoms with Gasteiger partial charge in [-0.05, 0) is 23.3 Å². The highest BCUT2D eigenvalue weighted by atomic mass is 19.1. The number of halogens is 2. The molecule has 2 heterocycles. The smallest absolute Gasteiger partial charge is 0.340 e. The average molecular weight is 545 g/mol. The number of aromatic hydroxyl groups is 2. The van der Waals surface area contributed by atoms with E-state index in [0.29, 0.717) is 11.1 Å². The van der Waals surface area contributed by atoms with E-state index in [9.17, 15) is 23.8 Å². The van der Waals surface area contributed by atoms with Crippen molar-refractivity contribution in [2.45, 2.75) is 31.0 Å². The van der Waals surface area contributed by atoms with E-state index in [1.807, 2.05) is 0 Å². The van der Waals surface area contributed by atoms with E-state index in [-0.39, 0.29) is 46.6 Å². The molecular formula is C28H26F2O9. The molecule has 0 saturated heterocycles. The molecule has 2 aliphatic rings. The van der Waals surface area contributed by atoms with Crippen LogP contribution in [0.5, 0.6) is 23.0 Å². The Morgan fingerprint density at radius 2 is 1.31 bits per heavy atom. The van der Waals surface area contributed by atoms with Gasteiger partial charge in [-0.2, -0.15) is 0 Å². The van der Waals surface area contributed by atoms with Crippen LogP contribution in [0.25, 0.3) is 0 Å². The van der Waals surface area contributed by atoms with Crippen molar-refractivity contribution < 1.29 is 52.2 Å². The highest BCUT2D eigenvalue weighted by molar-refractivity contribution is 5.99. The van der Waals surface area contributed by atoms with Crippen LogP contribution in [-0.2, 0) is 42.1 Å². The first-order valence-electron chi connectivity index (χ1n) is 11.9. The highest BCUT2D eigenvalue weighted by Gasteiger charge is 2.55. The second-order valence-corrected chi connectivity index (χ2v) is 9.11. The van der Waals surface area contributed by atoms with E-state index in [2.05, 4.69) is 0 Å². The molecule has 9 nitrogen and oxygen atoms in total. The predicted molar refractivity (Wildman–Crippen MR) is 131 cm³/mol. The van der Waals surface area contributed by atoms with Crippen LogP contribution >= 0.6 is 0 Å². The lowest BCUT2D eigenvalue weighted by Crippen LogP contribution is -2.33. The summed E-state index contributed by atoms with van der Waals surface area (Å²) in [7, 11) is 5.89. The third-order valence-corrected chi connectivity index (χ3v) is 7.12. The molecule has 0 radical (unpaired) electrons. The Balaban J connectivity index is 1.83. The molecule has 0 aliphatic carbocycles. The summed E-state index contributed by atoms with van der Waals surface area (Å²) in [5, 5.41) is 20.1. The van der Waals surface area contributed by atoms with Crippen molar-refractivity contribution in [1.29, 1.82) is 0 Å². The van der Waals surface area contributed by atoms with E-state index in [1.165, 1.54) is 28.4 Å². The second kappa shape index (κ2) is 10.1. The molecule has 0 atom stereocenters. The van der Waals surface area contributed by atoms with Crippen molar-refractivity contribution in [3.8, 4) is 23.0 Å².